The summed E-state index contributed by atoms with van der Waals surface area (Å²) in [6, 6.07) is 9.92. The van der Waals surface area contributed by atoms with E-state index < -0.39 is 0 Å². The van der Waals surface area contributed by atoms with Crippen molar-refractivity contribution >= 4 is 0 Å². The number of rotatable bonds is 3. The highest BCUT2D eigenvalue weighted by molar-refractivity contribution is 5.17. The van der Waals surface area contributed by atoms with Crippen LogP contribution in [0.25, 0.3) is 0 Å². The molecule has 0 amide bonds. The van der Waals surface area contributed by atoms with Crippen LogP contribution in [0.1, 0.15) is 30.9 Å². The Morgan fingerprint density at radius 1 is 1.25 bits per heavy atom. The van der Waals surface area contributed by atoms with Gasteiger partial charge in [-0.3, -0.25) is 0 Å². The third kappa shape index (κ3) is 1.86. The molecule has 0 bridgehead atoms. The topological polar surface area (TPSA) is 20.2 Å². The molecule has 0 saturated heterocycles. The van der Waals surface area contributed by atoms with Crippen LogP contribution in [-0.2, 0) is 0 Å². The number of hydrogen-bond acceptors (Lipinski definition) is 1. The molecule has 1 saturated carbocycles. The first kappa shape index (κ1) is 7.81. The minimum Gasteiger partial charge on any atom is -0.388 e. The second kappa shape index (κ2) is 3.28. The first-order valence-electron chi connectivity index (χ1n) is 4.59. The van der Waals surface area contributed by atoms with Crippen molar-refractivity contribution in [3.8, 4) is 0 Å². The highest BCUT2D eigenvalue weighted by atomic mass is 16.3. The molecule has 12 heavy (non-hydrogen) atoms. The van der Waals surface area contributed by atoms with Crippen molar-refractivity contribution in [3.63, 3.8) is 0 Å². The zero-order chi connectivity index (χ0) is 8.39. The molecule has 0 unspecified atom stereocenters. The lowest BCUT2D eigenvalue weighted by Gasteiger charge is -2.08. The van der Waals surface area contributed by atoms with Gasteiger partial charge in [0.1, 0.15) is 0 Å². The molecule has 1 nitrogen and oxygen atoms in total. The molecule has 1 N–H and O–H groups in total. The summed E-state index contributed by atoms with van der Waals surface area (Å²) in [7, 11) is 0. The highest BCUT2D eigenvalue weighted by Crippen LogP contribution is 2.37. The van der Waals surface area contributed by atoms with Gasteiger partial charge in [0.15, 0.2) is 0 Å². The van der Waals surface area contributed by atoms with E-state index in [1.165, 1.54) is 12.8 Å². The maximum absolute atomic E-state index is 9.73. The van der Waals surface area contributed by atoms with E-state index in [2.05, 4.69) is 0 Å². The largest absolute Gasteiger partial charge is 0.388 e. The lowest BCUT2D eigenvalue weighted by Crippen LogP contribution is -1.97. The van der Waals surface area contributed by atoms with Crippen molar-refractivity contribution in [1.29, 1.82) is 0 Å². The van der Waals surface area contributed by atoms with Crippen LogP contribution in [-0.4, -0.2) is 5.11 Å². The summed E-state index contributed by atoms with van der Waals surface area (Å²) >= 11 is 0. The van der Waals surface area contributed by atoms with Gasteiger partial charge < -0.3 is 5.11 Å². The molecule has 0 aliphatic heterocycles. The molecule has 2 rings (SSSR count). The smallest absolute Gasteiger partial charge is 0.0792 e. The second-order valence-electron chi connectivity index (χ2n) is 3.61. The predicted molar refractivity (Wildman–Crippen MR) is 48.7 cm³/mol. The van der Waals surface area contributed by atoms with Crippen molar-refractivity contribution < 1.29 is 5.11 Å². The van der Waals surface area contributed by atoms with E-state index >= 15 is 0 Å². The summed E-state index contributed by atoms with van der Waals surface area (Å²) in [5.74, 6) is 0.792. The lowest BCUT2D eigenvalue weighted by atomic mass is 10.0. The standard InChI is InChI=1S/C11H14O/c12-11(8-9-6-7-9)10-4-2-1-3-5-10/h1-5,9,11-12H,6-8H2/t11-/m0/s1. The van der Waals surface area contributed by atoms with Crippen molar-refractivity contribution in [2.75, 3.05) is 0 Å². The van der Waals surface area contributed by atoms with Gasteiger partial charge in [0.25, 0.3) is 0 Å². The molecule has 1 fully saturated rings. The van der Waals surface area contributed by atoms with Gasteiger partial charge in [-0.25, -0.2) is 0 Å². The lowest BCUT2D eigenvalue weighted by molar-refractivity contribution is 0.160. The Kier molecular flexibility index (Phi) is 2.13. The number of aliphatic hydroxyl groups is 1. The molecule has 1 aromatic carbocycles. The van der Waals surface area contributed by atoms with Crippen LogP contribution in [0.5, 0.6) is 0 Å². The number of aliphatic hydroxyl groups excluding tert-OH is 1. The van der Waals surface area contributed by atoms with Gasteiger partial charge in [-0.1, -0.05) is 43.2 Å². The summed E-state index contributed by atoms with van der Waals surface area (Å²) in [5.41, 5.74) is 1.06. The van der Waals surface area contributed by atoms with E-state index in [1.807, 2.05) is 30.3 Å². The second-order valence-corrected chi connectivity index (χ2v) is 3.61. The van der Waals surface area contributed by atoms with Crippen molar-refractivity contribution in [3.05, 3.63) is 35.9 Å². The van der Waals surface area contributed by atoms with E-state index in [0.717, 1.165) is 17.9 Å². The summed E-state index contributed by atoms with van der Waals surface area (Å²) in [5, 5.41) is 9.73. The maximum atomic E-state index is 9.73. The van der Waals surface area contributed by atoms with Crippen LogP contribution in [0, 0.1) is 5.92 Å². The van der Waals surface area contributed by atoms with Crippen LogP contribution in [0.3, 0.4) is 0 Å². The fourth-order valence-corrected chi connectivity index (χ4v) is 1.48. The van der Waals surface area contributed by atoms with Gasteiger partial charge in [-0.2, -0.15) is 0 Å². The van der Waals surface area contributed by atoms with E-state index in [4.69, 9.17) is 0 Å². The number of hydrogen-bond donors (Lipinski definition) is 1. The Morgan fingerprint density at radius 2 is 1.92 bits per heavy atom. The van der Waals surface area contributed by atoms with E-state index in [9.17, 15) is 5.11 Å². The molecule has 1 atom stereocenters. The van der Waals surface area contributed by atoms with Crippen molar-refractivity contribution in [2.24, 2.45) is 5.92 Å². The highest BCUT2D eigenvalue weighted by Gasteiger charge is 2.24. The molecule has 0 aromatic heterocycles. The van der Waals surface area contributed by atoms with Gasteiger partial charge in [-0.15, -0.1) is 0 Å². The third-order valence-electron chi connectivity index (χ3n) is 2.44. The fourth-order valence-electron chi connectivity index (χ4n) is 1.48. The Morgan fingerprint density at radius 3 is 2.50 bits per heavy atom. The summed E-state index contributed by atoms with van der Waals surface area (Å²) in [6.07, 6.45) is 3.33. The summed E-state index contributed by atoms with van der Waals surface area (Å²) in [4.78, 5) is 0. The molecule has 64 valence electrons. The van der Waals surface area contributed by atoms with E-state index in [-0.39, 0.29) is 6.10 Å². The normalized spacial score (nSPS) is 19.1. The predicted octanol–water partition coefficient (Wildman–Crippen LogP) is 2.52. The zero-order valence-corrected chi connectivity index (χ0v) is 7.11. The van der Waals surface area contributed by atoms with Crippen LogP contribution in [0.2, 0.25) is 0 Å². The molecule has 1 aliphatic carbocycles. The van der Waals surface area contributed by atoms with Crippen molar-refractivity contribution in [2.45, 2.75) is 25.4 Å². The summed E-state index contributed by atoms with van der Waals surface area (Å²) < 4.78 is 0. The van der Waals surface area contributed by atoms with Gasteiger partial charge >= 0.3 is 0 Å². The summed E-state index contributed by atoms with van der Waals surface area (Å²) in [6.45, 7) is 0. The zero-order valence-electron chi connectivity index (χ0n) is 7.11. The van der Waals surface area contributed by atoms with Crippen LogP contribution >= 0.6 is 0 Å². The SMILES string of the molecule is O[C@@H](CC1CC1)c1ccccc1. The Balaban J connectivity index is 1.98. The quantitative estimate of drug-likeness (QED) is 0.724. The Labute approximate surface area is 73.0 Å². The molecule has 1 aromatic rings. The molecular weight excluding hydrogens is 148 g/mol. The maximum Gasteiger partial charge on any atom is 0.0792 e. The molecule has 0 radical (unpaired) electrons. The molecule has 1 aliphatic rings. The minimum atomic E-state index is -0.237. The molecule has 0 spiro atoms. The number of benzene rings is 1. The average Bonchev–Trinajstić information content (AvgIpc) is 2.90. The van der Waals surface area contributed by atoms with Crippen LogP contribution in [0.15, 0.2) is 30.3 Å². The van der Waals surface area contributed by atoms with Crippen molar-refractivity contribution in [1.82, 2.24) is 0 Å². The van der Waals surface area contributed by atoms with Gasteiger partial charge in [0.2, 0.25) is 0 Å². The van der Waals surface area contributed by atoms with Crippen LogP contribution < -0.4 is 0 Å². The molecule has 1 heteroatoms. The first-order valence-corrected chi connectivity index (χ1v) is 4.59. The first-order chi connectivity index (χ1) is 5.86. The van der Waals surface area contributed by atoms with E-state index in [0.29, 0.717) is 0 Å². The van der Waals surface area contributed by atoms with Gasteiger partial charge in [0, 0.05) is 0 Å². The fraction of sp³-hybridized carbons (Fsp3) is 0.455. The Hall–Kier alpha value is -0.820. The third-order valence-corrected chi connectivity index (χ3v) is 2.44. The Bertz CT molecular complexity index is 238. The molecular formula is C11H14O. The average molecular weight is 162 g/mol. The monoisotopic (exact) mass is 162 g/mol. The minimum absolute atomic E-state index is 0.237. The molecule has 0 heterocycles. The van der Waals surface area contributed by atoms with E-state index in [1.54, 1.807) is 0 Å². The van der Waals surface area contributed by atoms with Gasteiger partial charge in [0.05, 0.1) is 6.10 Å². The van der Waals surface area contributed by atoms with Gasteiger partial charge in [-0.05, 0) is 17.9 Å². The van der Waals surface area contributed by atoms with Crippen LogP contribution in [0.4, 0.5) is 0 Å².